The number of rotatable bonds is 3. The van der Waals surface area contributed by atoms with Crippen LogP contribution in [0.15, 0.2) is 10.7 Å². The summed E-state index contributed by atoms with van der Waals surface area (Å²) in [6.07, 6.45) is 3.63. The largest absolute Gasteiger partial charge is 0.432 e. The first kappa shape index (κ1) is 9.98. The van der Waals surface area contributed by atoms with Crippen molar-refractivity contribution in [2.45, 2.75) is 19.8 Å². The van der Waals surface area contributed by atoms with Gasteiger partial charge in [0.15, 0.2) is 5.11 Å². The summed E-state index contributed by atoms with van der Waals surface area (Å²) in [5.74, 6) is 0. The molecule has 1 aromatic rings. The molecule has 5 heteroatoms. The molecule has 0 saturated carbocycles. The number of nitrogens with one attached hydrogen (secondary N) is 2. The molecule has 0 amide bonds. The second kappa shape index (κ2) is 4.81. The van der Waals surface area contributed by atoms with Crippen molar-refractivity contribution in [3.63, 3.8) is 0 Å². The summed E-state index contributed by atoms with van der Waals surface area (Å²) in [6.45, 7) is 2.10. The van der Waals surface area contributed by atoms with Gasteiger partial charge in [-0.05, 0) is 18.6 Å². The third-order valence-corrected chi connectivity index (χ3v) is 1.81. The van der Waals surface area contributed by atoms with Crippen molar-refractivity contribution in [3.05, 3.63) is 12.0 Å². The van der Waals surface area contributed by atoms with Gasteiger partial charge in [-0.15, -0.1) is 0 Å². The molecule has 0 aromatic carbocycles. The fourth-order valence-electron chi connectivity index (χ4n) is 0.895. The normalized spacial score (nSPS) is 9.69. The average Bonchev–Trinajstić information content (AvgIpc) is 2.53. The van der Waals surface area contributed by atoms with Gasteiger partial charge in [-0.2, -0.15) is 4.98 Å². The summed E-state index contributed by atoms with van der Waals surface area (Å²) in [6, 6.07) is 0.447. The van der Waals surface area contributed by atoms with Crippen molar-refractivity contribution in [1.29, 1.82) is 0 Å². The minimum Gasteiger partial charge on any atom is -0.432 e. The third kappa shape index (κ3) is 3.02. The quantitative estimate of drug-likeness (QED) is 0.723. The Hall–Kier alpha value is -1.10. The topological polar surface area (TPSA) is 50.1 Å². The van der Waals surface area contributed by atoms with Gasteiger partial charge in [0.2, 0.25) is 0 Å². The Bertz CT molecular complexity index is 285. The molecule has 0 radical (unpaired) electrons. The molecule has 0 fully saturated rings. The maximum absolute atomic E-state index is 5.14. The van der Waals surface area contributed by atoms with E-state index in [9.17, 15) is 0 Å². The van der Waals surface area contributed by atoms with E-state index in [0.717, 1.165) is 18.5 Å². The molecule has 1 rings (SSSR count). The molecule has 0 bridgehead atoms. The van der Waals surface area contributed by atoms with Crippen molar-refractivity contribution in [2.75, 3.05) is 12.4 Å². The third-order valence-electron chi connectivity index (χ3n) is 1.51. The molecule has 4 nitrogen and oxygen atoms in total. The van der Waals surface area contributed by atoms with E-state index in [1.54, 1.807) is 13.3 Å². The smallest absolute Gasteiger partial charge is 0.301 e. The standard InChI is InChI=1S/C8H13N3OS/c1-3-4-6-5-12-7(10-6)11-8(13)9-2/h5H,3-4H2,1-2H3,(H2,9,10,11,13). The molecule has 2 N–H and O–H groups in total. The number of hydrogen-bond acceptors (Lipinski definition) is 3. The van der Waals surface area contributed by atoms with Crippen LogP contribution in [-0.2, 0) is 6.42 Å². The first-order valence-corrected chi connectivity index (χ1v) is 4.60. The summed E-state index contributed by atoms with van der Waals surface area (Å²) >= 11 is 4.89. The summed E-state index contributed by atoms with van der Waals surface area (Å²) in [5.41, 5.74) is 0.948. The predicted octanol–water partition coefficient (Wildman–Crippen LogP) is 1.54. The first-order chi connectivity index (χ1) is 6.26. The SMILES string of the molecule is CCCc1coc(NC(=S)NC)n1. The molecule has 72 valence electrons. The molecule has 13 heavy (non-hydrogen) atoms. The first-order valence-electron chi connectivity index (χ1n) is 4.19. The van der Waals surface area contributed by atoms with Crippen molar-refractivity contribution >= 4 is 23.3 Å². The zero-order valence-corrected chi connectivity index (χ0v) is 8.57. The van der Waals surface area contributed by atoms with Crippen LogP contribution in [0.1, 0.15) is 19.0 Å². The van der Waals surface area contributed by atoms with E-state index in [0.29, 0.717) is 11.1 Å². The molecule has 0 aliphatic rings. The van der Waals surface area contributed by atoms with Gasteiger partial charge in [0.1, 0.15) is 6.26 Å². The molecule has 0 atom stereocenters. The second-order valence-corrected chi connectivity index (χ2v) is 3.01. The zero-order chi connectivity index (χ0) is 9.68. The number of hydrogen-bond donors (Lipinski definition) is 2. The molecular weight excluding hydrogens is 186 g/mol. The maximum Gasteiger partial charge on any atom is 0.301 e. The Morgan fingerprint density at radius 2 is 2.46 bits per heavy atom. The van der Waals surface area contributed by atoms with Gasteiger partial charge in [-0.3, -0.25) is 5.32 Å². The Morgan fingerprint density at radius 1 is 1.69 bits per heavy atom. The zero-order valence-electron chi connectivity index (χ0n) is 7.76. The molecule has 0 spiro atoms. The Kier molecular flexibility index (Phi) is 3.70. The van der Waals surface area contributed by atoms with Gasteiger partial charge in [0.05, 0.1) is 5.69 Å². The minimum atomic E-state index is 0.447. The van der Waals surface area contributed by atoms with Crippen molar-refractivity contribution in [3.8, 4) is 0 Å². The highest BCUT2D eigenvalue weighted by Gasteiger charge is 2.03. The summed E-state index contributed by atoms with van der Waals surface area (Å²) in [7, 11) is 1.74. The molecular formula is C8H13N3OS. The molecule has 0 aliphatic heterocycles. The summed E-state index contributed by atoms with van der Waals surface area (Å²) < 4.78 is 5.14. The maximum atomic E-state index is 5.14. The number of anilines is 1. The van der Waals surface area contributed by atoms with Crippen molar-refractivity contribution in [1.82, 2.24) is 10.3 Å². The van der Waals surface area contributed by atoms with Crippen LogP contribution < -0.4 is 10.6 Å². The fraction of sp³-hybridized carbons (Fsp3) is 0.500. The number of aryl methyl sites for hydroxylation is 1. The van der Waals surface area contributed by atoms with Gasteiger partial charge in [-0.25, -0.2) is 0 Å². The minimum absolute atomic E-state index is 0.447. The van der Waals surface area contributed by atoms with Crippen LogP contribution in [0.2, 0.25) is 0 Å². The van der Waals surface area contributed by atoms with E-state index in [2.05, 4.69) is 22.5 Å². The van der Waals surface area contributed by atoms with Gasteiger partial charge in [0, 0.05) is 7.05 Å². The van der Waals surface area contributed by atoms with Gasteiger partial charge < -0.3 is 9.73 Å². The summed E-state index contributed by atoms with van der Waals surface area (Å²) in [5, 5.41) is 6.09. The van der Waals surface area contributed by atoms with Crippen LogP contribution in [0.25, 0.3) is 0 Å². The lowest BCUT2D eigenvalue weighted by Crippen LogP contribution is -2.24. The molecule has 0 unspecified atom stereocenters. The van der Waals surface area contributed by atoms with Crippen LogP contribution in [0.3, 0.4) is 0 Å². The van der Waals surface area contributed by atoms with E-state index in [-0.39, 0.29) is 0 Å². The number of aromatic nitrogens is 1. The Morgan fingerprint density at radius 3 is 3.08 bits per heavy atom. The number of thiocarbonyl (C=S) groups is 1. The predicted molar refractivity (Wildman–Crippen MR) is 55.8 cm³/mol. The van der Waals surface area contributed by atoms with E-state index in [1.807, 2.05) is 0 Å². The molecule has 1 aromatic heterocycles. The van der Waals surface area contributed by atoms with Crippen LogP contribution in [0, 0.1) is 0 Å². The van der Waals surface area contributed by atoms with Crippen molar-refractivity contribution in [2.24, 2.45) is 0 Å². The fourth-order valence-corrected chi connectivity index (χ4v) is 0.982. The van der Waals surface area contributed by atoms with Gasteiger partial charge in [0.25, 0.3) is 0 Å². The molecule has 0 saturated heterocycles. The lowest BCUT2D eigenvalue weighted by atomic mass is 10.3. The lowest BCUT2D eigenvalue weighted by molar-refractivity contribution is 0.576. The van der Waals surface area contributed by atoms with Gasteiger partial charge >= 0.3 is 6.01 Å². The highest BCUT2D eigenvalue weighted by molar-refractivity contribution is 7.80. The summed E-state index contributed by atoms with van der Waals surface area (Å²) in [4.78, 5) is 4.18. The highest BCUT2D eigenvalue weighted by atomic mass is 32.1. The van der Waals surface area contributed by atoms with E-state index in [1.165, 1.54) is 0 Å². The van der Waals surface area contributed by atoms with Crippen LogP contribution in [0.4, 0.5) is 6.01 Å². The molecule has 0 aliphatic carbocycles. The highest BCUT2D eigenvalue weighted by Crippen LogP contribution is 2.08. The number of oxazole rings is 1. The monoisotopic (exact) mass is 199 g/mol. The van der Waals surface area contributed by atoms with Crippen molar-refractivity contribution < 1.29 is 4.42 Å². The Labute approximate surface area is 82.7 Å². The van der Waals surface area contributed by atoms with E-state index in [4.69, 9.17) is 16.6 Å². The Balaban J connectivity index is 2.53. The van der Waals surface area contributed by atoms with Crippen LogP contribution >= 0.6 is 12.2 Å². The van der Waals surface area contributed by atoms with Crippen LogP contribution in [-0.4, -0.2) is 17.1 Å². The van der Waals surface area contributed by atoms with Gasteiger partial charge in [-0.1, -0.05) is 13.3 Å². The second-order valence-electron chi connectivity index (χ2n) is 2.60. The van der Waals surface area contributed by atoms with Crippen LogP contribution in [0.5, 0.6) is 0 Å². The average molecular weight is 199 g/mol. The van der Waals surface area contributed by atoms with E-state index < -0.39 is 0 Å². The lowest BCUT2D eigenvalue weighted by Gasteiger charge is -2.00. The van der Waals surface area contributed by atoms with E-state index >= 15 is 0 Å². The number of nitrogens with zero attached hydrogens (tertiary/aromatic N) is 1. The molecule has 1 heterocycles.